The molecule has 1 aliphatic carbocycles. The average Bonchev–Trinajstić information content (AvgIpc) is 1.85. The van der Waals surface area contributed by atoms with Crippen molar-refractivity contribution in [3.63, 3.8) is 0 Å². The number of rotatable bonds is 1. The van der Waals surface area contributed by atoms with Crippen LogP contribution in [0.2, 0.25) is 0 Å². The molecule has 0 aromatic carbocycles. The second-order valence-electron chi connectivity index (χ2n) is 3.95. The minimum Gasteiger partial charge on any atom is -0.171 e. The number of hydrogen-bond donors (Lipinski definition) is 1. The van der Waals surface area contributed by atoms with E-state index < -0.39 is 0 Å². The van der Waals surface area contributed by atoms with Gasteiger partial charge in [0.05, 0.1) is 0 Å². The number of allylic oxidation sites excluding steroid dienone is 1. The molecule has 0 fully saturated rings. The highest BCUT2D eigenvalue weighted by Crippen LogP contribution is 2.31. The minimum absolute atomic E-state index is 0.527. The third-order valence-corrected chi connectivity index (χ3v) is 2.94. The van der Waals surface area contributed by atoms with E-state index in [0.717, 1.165) is 5.92 Å². The van der Waals surface area contributed by atoms with Crippen molar-refractivity contribution in [1.82, 2.24) is 0 Å². The number of hydrogen-bond acceptors (Lipinski definition) is 1. The lowest BCUT2D eigenvalue weighted by Crippen LogP contribution is -2.17. The summed E-state index contributed by atoms with van der Waals surface area (Å²) < 4.78 is 0. The smallest absolute Gasteiger partial charge is 0.0231 e. The Bertz CT molecular complexity index is 158. The van der Waals surface area contributed by atoms with Crippen LogP contribution in [0.5, 0.6) is 0 Å². The first kappa shape index (κ1) is 9.18. The fourth-order valence-corrected chi connectivity index (χ4v) is 2.47. The van der Waals surface area contributed by atoms with Gasteiger partial charge in [-0.25, -0.2) is 0 Å². The summed E-state index contributed by atoms with van der Waals surface area (Å²) in [7, 11) is 0. The van der Waals surface area contributed by atoms with Gasteiger partial charge in [0.25, 0.3) is 0 Å². The van der Waals surface area contributed by atoms with Gasteiger partial charge in [-0.2, -0.15) is 12.6 Å². The maximum absolute atomic E-state index is 4.59. The molecule has 0 N–H and O–H groups in total. The molecule has 1 heteroatoms. The van der Waals surface area contributed by atoms with Crippen molar-refractivity contribution >= 4 is 12.6 Å². The van der Waals surface area contributed by atoms with Crippen LogP contribution in [0.3, 0.4) is 0 Å². The lowest BCUT2D eigenvalue weighted by molar-refractivity contribution is 0.499. The van der Waals surface area contributed by atoms with Gasteiger partial charge in [-0.15, -0.1) is 0 Å². The Labute approximate surface area is 75.5 Å². The average molecular weight is 170 g/mol. The molecule has 0 spiro atoms. The molecule has 0 aliphatic heterocycles. The van der Waals surface area contributed by atoms with Crippen molar-refractivity contribution in [2.75, 3.05) is 0 Å². The van der Waals surface area contributed by atoms with Crippen LogP contribution in [-0.4, -0.2) is 5.25 Å². The summed E-state index contributed by atoms with van der Waals surface area (Å²) in [5.74, 6) is 1.52. The van der Waals surface area contributed by atoms with Gasteiger partial charge < -0.3 is 0 Å². The minimum atomic E-state index is 0.527. The SMILES string of the molecule is CC1CC=C(C(C)C)C(S)C1. The summed E-state index contributed by atoms with van der Waals surface area (Å²) in [5.41, 5.74) is 1.55. The molecule has 2 unspecified atom stereocenters. The summed E-state index contributed by atoms with van der Waals surface area (Å²) >= 11 is 4.59. The Hall–Kier alpha value is 0.0900. The van der Waals surface area contributed by atoms with Crippen molar-refractivity contribution in [3.8, 4) is 0 Å². The van der Waals surface area contributed by atoms with Gasteiger partial charge in [-0.1, -0.05) is 32.4 Å². The first-order chi connectivity index (χ1) is 5.11. The lowest BCUT2D eigenvalue weighted by Gasteiger charge is -2.26. The third kappa shape index (κ3) is 2.26. The van der Waals surface area contributed by atoms with E-state index >= 15 is 0 Å². The molecule has 11 heavy (non-hydrogen) atoms. The predicted molar refractivity (Wildman–Crippen MR) is 54.1 cm³/mol. The van der Waals surface area contributed by atoms with Gasteiger partial charge in [0, 0.05) is 5.25 Å². The summed E-state index contributed by atoms with van der Waals surface area (Å²) in [5, 5.41) is 0.527. The van der Waals surface area contributed by atoms with Crippen molar-refractivity contribution < 1.29 is 0 Å². The molecule has 0 heterocycles. The van der Waals surface area contributed by atoms with Gasteiger partial charge in [-0.05, 0) is 24.7 Å². The molecule has 0 bridgehead atoms. The number of thiol groups is 1. The molecule has 64 valence electrons. The summed E-state index contributed by atoms with van der Waals surface area (Å²) in [6, 6.07) is 0. The van der Waals surface area contributed by atoms with Gasteiger partial charge in [-0.3, -0.25) is 0 Å². The molecular formula is C10H18S. The largest absolute Gasteiger partial charge is 0.171 e. The Morgan fingerprint density at radius 3 is 2.64 bits per heavy atom. The second-order valence-corrected chi connectivity index (χ2v) is 4.57. The summed E-state index contributed by atoms with van der Waals surface area (Å²) in [4.78, 5) is 0. The first-order valence-electron chi connectivity index (χ1n) is 4.49. The second kappa shape index (κ2) is 3.66. The van der Waals surface area contributed by atoms with E-state index in [9.17, 15) is 0 Å². The van der Waals surface area contributed by atoms with Crippen LogP contribution in [0.15, 0.2) is 11.6 Å². The van der Waals surface area contributed by atoms with E-state index in [2.05, 4.69) is 39.5 Å². The van der Waals surface area contributed by atoms with Crippen LogP contribution < -0.4 is 0 Å². The van der Waals surface area contributed by atoms with Gasteiger partial charge >= 0.3 is 0 Å². The fourth-order valence-electron chi connectivity index (χ4n) is 1.71. The van der Waals surface area contributed by atoms with Crippen LogP contribution in [0.25, 0.3) is 0 Å². The van der Waals surface area contributed by atoms with Gasteiger partial charge in [0.2, 0.25) is 0 Å². The molecular weight excluding hydrogens is 152 g/mol. The molecule has 1 rings (SSSR count). The Balaban J connectivity index is 2.65. The van der Waals surface area contributed by atoms with E-state index in [-0.39, 0.29) is 0 Å². The van der Waals surface area contributed by atoms with Crippen LogP contribution in [0, 0.1) is 11.8 Å². The molecule has 0 aromatic heterocycles. The van der Waals surface area contributed by atoms with Gasteiger partial charge in [0.1, 0.15) is 0 Å². The highest BCUT2D eigenvalue weighted by molar-refractivity contribution is 7.81. The van der Waals surface area contributed by atoms with Crippen molar-refractivity contribution in [3.05, 3.63) is 11.6 Å². The molecule has 0 aromatic rings. The topological polar surface area (TPSA) is 0 Å². The van der Waals surface area contributed by atoms with E-state index in [1.807, 2.05) is 0 Å². The van der Waals surface area contributed by atoms with E-state index in [1.165, 1.54) is 12.8 Å². The van der Waals surface area contributed by atoms with E-state index in [0.29, 0.717) is 11.2 Å². The van der Waals surface area contributed by atoms with Gasteiger partial charge in [0.15, 0.2) is 0 Å². The maximum Gasteiger partial charge on any atom is 0.0231 e. The quantitative estimate of drug-likeness (QED) is 0.453. The predicted octanol–water partition coefficient (Wildman–Crippen LogP) is 3.30. The third-order valence-electron chi connectivity index (χ3n) is 2.43. The van der Waals surface area contributed by atoms with Crippen molar-refractivity contribution in [1.29, 1.82) is 0 Å². The maximum atomic E-state index is 4.59. The fraction of sp³-hybridized carbons (Fsp3) is 0.800. The molecule has 2 atom stereocenters. The molecule has 0 amide bonds. The molecule has 0 saturated heterocycles. The Morgan fingerprint density at radius 2 is 2.18 bits per heavy atom. The van der Waals surface area contributed by atoms with Crippen LogP contribution in [0.1, 0.15) is 33.6 Å². The summed E-state index contributed by atoms with van der Waals surface area (Å²) in [6.07, 6.45) is 4.90. The van der Waals surface area contributed by atoms with Crippen molar-refractivity contribution in [2.24, 2.45) is 11.8 Å². The molecule has 0 nitrogen and oxygen atoms in total. The highest BCUT2D eigenvalue weighted by atomic mass is 32.1. The van der Waals surface area contributed by atoms with Crippen LogP contribution in [0.4, 0.5) is 0 Å². The van der Waals surface area contributed by atoms with Crippen LogP contribution in [-0.2, 0) is 0 Å². The molecule has 1 aliphatic rings. The van der Waals surface area contributed by atoms with E-state index in [4.69, 9.17) is 0 Å². The Morgan fingerprint density at radius 1 is 1.55 bits per heavy atom. The molecule has 0 radical (unpaired) electrons. The lowest BCUT2D eigenvalue weighted by atomic mass is 9.86. The zero-order chi connectivity index (χ0) is 8.43. The normalized spacial score (nSPS) is 32.3. The van der Waals surface area contributed by atoms with E-state index in [1.54, 1.807) is 5.57 Å². The zero-order valence-electron chi connectivity index (χ0n) is 7.67. The standard InChI is InChI=1S/C10H18S/c1-7(2)9-5-4-8(3)6-10(9)11/h5,7-8,10-11H,4,6H2,1-3H3. The summed E-state index contributed by atoms with van der Waals surface area (Å²) in [6.45, 7) is 6.81. The first-order valence-corrected chi connectivity index (χ1v) is 5.01. The zero-order valence-corrected chi connectivity index (χ0v) is 8.57. The molecule has 0 saturated carbocycles. The van der Waals surface area contributed by atoms with Crippen molar-refractivity contribution in [2.45, 2.75) is 38.9 Å². The highest BCUT2D eigenvalue weighted by Gasteiger charge is 2.19. The monoisotopic (exact) mass is 170 g/mol. The van der Waals surface area contributed by atoms with Crippen LogP contribution >= 0.6 is 12.6 Å². The Kier molecular flexibility index (Phi) is 3.06.